The van der Waals surface area contributed by atoms with Crippen LogP contribution in [0.5, 0.6) is 11.6 Å². The average Bonchev–Trinajstić information content (AvgIpc) is 2.98. The normalized spacial score (nSPS) is 10.8. The van der Waals surface area contributed by atoms with E-state index in [2.05, 4.69) is 19.8 Å². The largest absolute Gasteiger partial charge is 0.465 e. The summed E-state index contributed by atoms with van der Waals surface area (Å²) in [6, 6.07) is 10.3. The van der Waals surface area contributed by atoms with Gasteiger partial charge in [0.15, 0.2) is 0 Å². The molecule has 0 bridgehead atoms. The van der Waals surface area contributed by atoms with Crippen LogP contribution in [0.4, 0.5) is 5.95 Å². The standard InChI is InChI=1S/C18H17N5O3/c1-12-11-23(18(19)22-12)21-10-13-3-5-15(6-4-13)26-16-9-14(7-8-20-16)17(24)25-2/h3-11H,1-2H3,(H2,19,22). The molecule has 0 saturated heterocycles. The molecule has 3 aromatic rings. The van der Waals surface area contributed by atoms with Crippen molar-refractivity contribution in [1.82, 2.24) is 14.6 Å². The van der Waals surface area contributed by atoms with Crippen molar-refractivity contribution in [2.75, 3.05) is 12.8 Å². The van der Waals surface area contributed by atoms with E-state index in [0.717, 1.165) is 11.3 Å². The van der Waals surface area contributed by atoms with Gasteiger partial charge in [-0.2, -0.15) is 5.10 Å². The third-order valence-electron chi connectivity index (χ3n) is 3.42. The number of anilines is 1. The van der Waals surface area contributed by atoms with Gasteiger partial charge in [0, 0.05) is 12.3 Å². The van der Waals surface area contributed by atoms with Gasteiger partial charge in [-0.3, -0.25) is 0 Å². The maximum absolute atomic E-state index is 11.5. The molecule has 0 fully saturated rings. The number of hydrogen-bond acceptors (Lipinski definition) is 7. The Balaban J connectivity index is 1.70. The summed E-state index contributed by atoms with van der Waals surface area (Å²) in [7, 11) is 1.32. The summed E-state index contributed by atoms with van der Waals surface area (Å²) in [5.41, 5.74) is 7.76. The predicted octanol–water partition coefficient (Wildman–Crippen LogP) is 2.63. The van der Waals surface area contributed by atoms with Crippen LogP contribution in [-0.4, -0.2) is 33.9 Å². The number of carbonyl (C=O) groups excluding carboxylic acids is 1. The fourth-order valence-corrected chi connectivity index (χ4v) is 2.18. The molecule has 0 spiro atoms. The number of benzene rings is 1. The second kappa shape index (κ2) is 7.47. The molecule has 1 aromatic carbocycles. The van der Waals surface area contributed by atoms with Crippen molar-refractivity contribution < 1.29 is 14.3 Å². The number of nitrogens with zero attached hydrogens (tertiary/aromatic N) is 4. The molecule has 0 aliphatic rings. The lowest BCUT2D eigenvalue weighted by atomic mass is 10.2. The van der Waals surface area contributed by atoms with Gasteiger partial charge in [-0.25, -0.2) is 19.4 Å². The molecule has 0 aliphatic carbocycles. The number of aromatic nitrogens is 3. The van der Waals surface area contributed by atoms with Crippen molar-refractivity contribution in [3.63, 3.8) is 0 Å². The van der Waals surface area contributed by atoms with Gasteiger partial charge >= 0.3 is 5.97 Å². The van der Waals surface area contributed by atoms with Crippen LogP contribution >= 0.6 is 0 Å². The molecule has 132 valence electrons. The van der Waals surface area contributed by atoms with Gasteiger partial charge in [-0.1, -0.05) is 0 Å². The van der Waals surface area contributed by atoms with Gasteiger partial charge in [0.1, 0.15) is 5.75 Å². The number of imidazole rings is 1. The topological polar surface area (TPSA) is 105 Å². The van der Waals surface area contributed by atoms with Crippen molar-refractivity contribution in [1.29, 1.82) is 0 Å². The first-order valence-corrected chi connectivity index (χ1v) is 7.73. The summed E-state index contributed by atoms with van der Waals surface area (Å²) in [4.78, 5) is 19.7. The molecule has 8 nitrogen and oxygen atoms in total. The van der Waals surface area contributed by atoms with Gasteiger partial charge in [0.25, 0.3) is 0 Å². The van der Waals surface area contributed by atoms with E-state index in [9.17, 15) is 4.79 Å². The highest BCUT2D eigenvalue weighted by Crippen LogP contribution is 2.20. The molecular formula is C18H17N5O3. The second-order valence-corrected chi connectivity index (χ2v) is 5.38. The Bertz CT molecular complexity index is 948. The van der Waals surface area contributed by atoms with Crippen molar-refractivity contribution >= 4 is 18.1 Å². The van der Waals surface area contributed by atoms with Crippen LogP contribution < -0.4 is 10.5 Å². The number of carbonyl (C=O) groups is 1. The number of nitrogens with two attached hydrogens (primary N) is 1. The molecule has 0 radical (unpaired) electrons. The minimum absolute atomic E-state index is 0.302. The summed E-state index contributed by atoms with van der Waals surface area (Å²) in [6.07, 6.45) is 4.89. The van der Waals surface area contributed by atoms with E-state index in [4.69, 9.17) is 10.5 Å². The van der Waals surface area contributed by atoms with Gasteiger partial charge in [0.05, 0.1) is 30.8 Å². The number of esters is 1. The lowest BCUT2D eigenvalue weighted by molar-refractivity contribution is 0.0600. The summed E-state index contributed by atoms with van der Waals surface area (Å²) in [5.74, 6) is 0.763. The zero-order valence-electron chi connectivity index (χ0n) is 14.3. The van der Waals surface area contributed by atoms with Crippen LogP contribution in [0.2, 0.25) is 0 Å². The maximum Gasteiger partial charge on any atom is 0.338 e. The molecule has 3 rings (SSSR count). The fraction of sp³-hybridized carbons (Fsp3) is 0.111. The Morgan fingerprint density at radius 2 is 2.04 bits per heavy atom. The Labute approximate surface area is 149 Å². The number of pyridine rings is 1. The van der Waals surface area contributed by atoms with Crippen LogP contribution in [0.15, 0.2) is 53.9 Å². The predicted molar refractivity (Wildman–Crippen MR) is 96.5 cm³/mol. The highest BCUT2D eigenvalue weighted by atomic mass is 16.5. The molecule has 0 amide bonds. The van der Waals surface area contributed by atoms with E-state index in [1.165, 1.54) is 24.0 Å². The van der Waals surface area contributed by atoms with E-state index in [1.807, 2.05) is 19.1 Å². The van der Waals surface area contributed by atoms with Crippen LogP contribution in [0, 0.1) is 6.92 Å². The van der Waals surface area contributed by atoms with E-state index < -0.39 is 5.97 Å². The van der Waals surface area contributed by atoms with Crippen molar-refractivity contribution in [3.05, 3.63) is 65.6 Å². The molecule has 0 unspecified atom stereocenters. The van der Waals surface area contributed by atoms with Gasteiger partial charge < -0.3 is 15.2 Å². The molecule has 0 aliphatic heterocycles. The number of rotatable bonds is 5. The van der Waals surface area contributed by atoms with Crippen molar-refractivity contribution in [2.45, 2.75) is 6.92 Å². The first-order valence-electron chi connectivity index (χ1n) is 7.73. The Morgan fingerprint density at radius 1 is 1.27 bits per heavy atom. The minimum Gasteiger partial charge on any atom is -0.465 e. The van der Waals surface area contributed by atoms with Gasteiger partial charge in [0.2, 0.25) is 11.8 Å². The van der Waals surface area contributed by atoms with Crippen LogP contribution in [-0.2, 0) is 4.74 Å². The monoisotopic (exact) mass is 351 g/mol. The van der Waals surface area contributed by atoms with E-state index in [1.54, 1.807) is 30.6 Å². The summed E-state index contributed by atoms with van der Waals surface area (Å²) in [5, 5.41) is 4.25. The number of ether oxygens (including phenoxy) is 2. The first kappa shape index (κ1) is 17.2. The first-order chi connectivity index (χ1) is 12.5. The lowest BCUT2D eigenvalue weighted by Crippen LogP contribution is -2.01. The lowest BCUT2D eigenvalue weighted by Gasteiger charge is -2.06. The number of methoxy groups -OCH3 is 1. The fourth-order valence-electron chi connectivity index (χ4n) is 2.18. The summed E-state index contributed by atoms with van der Waals surface area (Å²) in [6.45, 7) is 1.84. The molecule has 8 heteroatoms. The number of nitrogen functional groups attached to an aromatic ring is 1. The summed E-state index contributed by atoms with van der Waals surface area (Å²) < 4.78 is 11.8. The molecule has 2 heterocycles. The molecule has 26 heavy (non-hydrogen) atoms. The highest BCUT2D eigenvalue weighted by Gasteiger charge is 2.07. The van der Waals surface area contributed by atoms with Crippen molar-refractivity contribution in [3.8, 4) is 11.6 Å². The minimum atomic E-state index is -0.446. The van der Waals surface area contributed by atoms with Gasteiger partial charge in [-0.15, -0.1) is 0 Å². The third kappa shape index (κ3) is 4.04. The SMILES string of the molecule is COC(=O)c1ccnc(Oc2ccc(C=Nn3cc(C)nc3N)cc2)c1. The zero-order chi connectivity index (χ0) is 18.5. The maximum atomic E-state index is 11.5. The van der Waals surface area contributed by atoms with Gasteiger partial charge in [-0.05, 0) is 42.8 Å². The quantitative estimate of drug-likeness (QED) is 0.560. The van der Waals surface area contributed by atoms with E-state index >= 15 is 0 Å². The van der Waals surface area contributed by atoms with Crippen LogP contribution in [0.1, 0.15) is 21.6 Å². The van der Waals surface area contributed by atoms with Crippen LogP contribution in [0.25, 0.3) is 0 Å². The average molecular weight is 351 g/mol. The second-order valence-electron chi connectivity index (χ2n) is 5.38. The summed E-state index contributed by atoms with van der Waals surface area (Å²) >= 11 is 0. The number of hydrogen-bond donors (Lipinski definition) is 1. The molecule has 0 saturated carbocycles. The Hall–Kier alpha value is -3.68. The van der Waals surface area contributed by atoms with E-state index in [0.29, 0.717) is 23.1 Å². The van der Waals surface area contributed by atoms with E-state index in [-0.39, 0.29) is 0 Å². The molecular weight excluding hydrogens is 334 g/mol. The smallest absolute Gasteiger partial charge is 0.338 e. The Kier molecular flexibility index (Phi) is 4.93. The van der Waals surface area contributed by atoms with Crippen molar-refractivity contribution in [2.24, 2.45) is 5.10 Å². The van der Waals surface area contributed by atoms with Crippen LogP contribution in [0.3, 0.4) is 0 Å². The highest BCUT2D eigenvalue weighted by molar-refractivity contribution is 5.89. The third-order valence-corrected chi connectivity index (χ3v) is 3.42. The molecule has 2 aromatic heterocycles. The number of aryl methyl sites for hydroxylation is 1. The molecule has 2 N–H and O–H groups in total. The Morgan fingerprint density at radius 3 is 2.69 bits per heavy atom. The zero-order valence-corrected chi connectivity index (χ0v) is 14.3. The molecule has 0 atom stereocenters.